The minimum absolute atomic E-state index is 0.178. The van der Waals surface area contributed by atoms with E-state index in [1.54, 1.807) is 37.3 Å². The SMILES string of the molecule is COC(=O)C(C)c1ccc(-n2c(=S)[nH]c3ccccc3c2=O)cc1. The molecule has 1 N–H and O–H groups in total. The number of H-pyrrole nitrogens is 1. The Morgan fingerprint density at radius 3 is 2.50 bits per heavy atom. The Morgan fingerprint density at radius 1 is 1.17 bits per heavy atom. The van der Waals surface area contributed by atoms with Crippen LogP contribution in [-0.2, 0) is 9.53 Å². The maximum atomic E-state index is 12.7. The number of carbonyl (C=O) groups is 1. The fraction of sp³-hybridized carbons (Fsp3) is 0.167. The molecule has 0 spiro atoms. The predicted octanol–water partition coefficient (Wildman–Crippen LogP) is 3.32. The van der Waals surface area contributed by atoms with Gasteiger partial charge in [-0.3, -0.25) is 14.2 Å². The Bertz CT molecular complexity index is 1020. The van der Waals surface area contributed by atoms with Crippen LogP contribution in [0, 0.1) is 4.77 Å². The van der Waals surface area contributed by atoms with Gasteiger partial charge in [0.1, 0.15) is 0 Å². The van der Waals surface area contributed by atoms with E-state index >= 15 is 0 Å². The van der Waals surface area contributed by atoms with Gasteiger partial charge in [-0.25, -0.2) is 0 Å². The zero-order chi connectivity index (χ0) is 17.3. The van der Waals surface area contributed by atoms with Gasteiger partial charge in [0, 0.05) is 0 Å². The van der Waals surface area contributed by atoms with Crippen LogP contribution in [0.2, 0.25) is 0 Å². The minimum atomic E-state index is -0.369. The number of carbonyl (C=O) groups excluding carboxylic acids is 1. The summed E-state index contributed by atoms with van der Waals surface area (Å²) in [6, 6.07) is 14.4. The lowest BCUT2D eigenvalue weighted by atomic mass is 10.0. The molecule has 3 rings (SSSR count). The van der Waals surface area contributed by atoms with Gasteiger partial charge in [-0.15, -0.1) is 0 Å². The van der Waals surface area contributed by atoms with Gasteiger partial charge in [-0.05, 0) is 49.0 Å². The summed E-state index contributed by atoms with van der Waals surface area (Å²) in [6.07, 6.45) is 0. The number of nitrogens with one attached hydrogen (secondary N) is 1. The molecule has 0 saturated carbocycles. The van der Waals surface area contributed by atoms with Gasteiger partial charge in [-0.2, -0.15) is 0 Å². The van der Waals surface area contributed by atoms with E-state index in [2.05, 4.69) is 4.98 Å². The van der Waals surface area contributed by atoms with Crippen molar-refractivity contribution in [3.63, 3.8) is 0 Å². The average molecular weight is 340 g/mol. The Labute approximate surface area is 143 Å². The molecular formula is C18H16N2O3S. The second-order valence-electron chi connectivity index (χ2n) is 5.45. The molecule has 0 amide bonds. The Balaban J connectivity index is 2.10. The van der Waals surface area contributed by atoms with Crippen LogP contribution in [0.25, 0.3) is 16.6 Å². The van der Waals surface area contributed by atoms with Crippen LogP contribution < -0.4 is 5.56 Å². The summed E-state index contributed by atoms with van der Waals surface area (Å²) >= 11 is 5.33. The summed E-state index contributed by atoms with van der Waals surface area (Å²) in [5.41, 5.74) is 1.99. The lowest BCUT2D eigenvalue weighted by molar-refractivity contribution is -0.141. The van der Waals surface area contributed by atoms with Crippen molar-refractivity contribution in [3.8, 4) is 5.69 Å². The first-order valence-corrected chi connectivity index (χ1v) is 7.86. The average Bonchev–Trinajstić information content (AvgIpc) is 2.61. The largest absolute Gasteiger partial charge is 0.469 e. The highest BCUT2D eigenvalue weighted by atomic mass is 32.1. The van der Waals surface area contributed by atoms with Gasteiger partial charge in [-0.1, -0.05) is 24.3 Å². The van der Waals surface area contributed by atoms with Crippen molar-refractivity contribution in [3.05, 3.63) is 69.2 Å². The molecule has 1 aromatic heterocycles. The molecule has 2 aromatic carbocycles. The molecule has 0 aliphatic rings. The molecule has 122 valence electrons. The summed E-state index contributed by atoms with van der Waals surface area (Å²) in [5, 5.41) is 0.568. The number of methoxy groups -OCH3 is 1. The zero-order valence-corrected chi connectivity index (χ0v) is 14.1. The fourth-order valence-electron chi connectivity index (χ4n) is 2.62. The Hall–Kier alpha value is -2.73. The van der Waals surface area contributed by atoms with E-state index < -0.39 is 0 Å². The quantitative estimate of drug-likeness (QED) is 0.587. The molecule has 6 heteroatoms. The van der Waals surface area contributed by atoms with Crippen molar-refractivity contribution in [1.82, 2.24) is 9.55 Å². The summed E-state index contributed by atoms with van der Waals surface area (Å²) in [5.74, 6) is -0.671. The number of esters is 1. The summed E-state index contributed by atoms with van der Waals surface area (Å²) in [6.45, 7) is 1.77. The van der Waals surface area contributed by atoms with Crippen LogP contribution >= 0.6 is 12.2 Å². The third-order valence-corrected chi connectivity index (χ3v) is 4.30. The molecular weight excluding hydrogens is 324 g/mol. The molecule has 1 atom stereocenters. The first-order valence-electron chi connectivity index (χ1n) is 7.45. The first kappa shape index (κ1) is 16.1. The third kappa shape index (κ3) is 2.76. The van der Waals surface area contributed by atoms with E-state index in [-0.39, 0.29) is 17.4 Å². The van der Waals surface area contributed by atoms with Crippen LogP contribution in [0.3, 0.4) is 0 Å². The third-order valence-electron chi connectivity index (χ3n) is 4.01. The van der Waals surface area contributed by atoms with Crippen molar-refractivity contribution < 1.29 is 9.53 Å². The fourth-order valence-corrected chi connectivity index (χ4v) is 2.92. The molecule has 1 heterocycles. The van der Waals surface area contributed by atoms with Crippen molar-refractivity contribution in [1.29, 1.82) is 0 Å². The van der Waals surface area contributed by atoms with Crippen molar-refractivity contribution in [2.24, 2.45) is 0 Å². The van der Waals surface area contributed by atoms with Gasteiger partial charge in [0.2, 0.25) is 0 Å². The zero-order valence-electron chi connectivity index (χ0n) is 13.3. The van der Waals surface area contributed by atoms with Crippen LogP contribution in [0.4, 0.5) is 0 Å². The number of benzene rings is 2. The Kier molecular flexibility index (Phi) is 4.31. The minimum Gasteiger partial charge on any atom is -0.469 e. The number of hydrogen-bond acceptors (Lipinski definition) is 4. The molecule has 0 aliphatic carbocycles. The number of aromatic nitrogens is 2. The maximum Gasteiger partial charge on any atom is 0.312 e. The highest BCUT2D eigenvalue weighted by Crippen LogP contribution is 2.19. The molecule has 0 saturated heterocycles. The number of nitrogens with zero attached hydrogens (tertiary/aromatic N) is 1. The number of ether oxygens (including phenoxy) is 1. The normalized spacial score (nSPS) is 12.1. The topological polar surface area (TPSA) is 64.1 Å². The van der Waals surface area contributed by atoms with Gasteiger partial charge in [0.05, 0.1) is 29.6 Å². The van der Waals surface area contributed by atoms with Gasteiger partial charge < -0.3 is 9.72 Å². The molecule has 0 fully saturated rings. The number of aromatic amines is 1. The molecule has 0 radical (unpaired) electrons. The van der Waals surface area contributed by atoms with Crippen molar-refractivity contribution in [2.75, 3.05) is 7.11 Å². The first-order chi connectivity index (χ1) is 11.5. The van der Waals surface area contributed by atoms with Crippen LogP contribution in [0.5, 0.6) is 0 Å². The van der Waals surface area contributed by atoms with Crippen LogP contribution in [-0.4, -0.2) is 22.6 Å². The maximum absolute atomic E-state index is 12.7. The summed E-state index contributed by atoms with van der Waals surface area (Å²) in [7, 11) is 1.36. The lowest BCUT2D eigenvalue weighted by Gasteiger charge is -2.12. The van der Waals surface area contributed by atoms with E-state index in [9.17, 15) is 9.59 Å². The number of hydrogen-bond donors (Lipinski definition) is 1. The molecule has 24 heavy (non-hydrogen) atoms. The number of fused-ring (bicyclic) bond motifs is 1. The smallest absolute Gasteiger partial charge is 0.312 e. The molecule has 1 unspecified atom stereocenters. The molecule has 5 nitrogen and oxygen atoms in total. The predicted molar refractivity (Wildman–Crippen MR) is 95.2 cm³/mol. The van der Waals surface area contributed by atoms with E-state index in [1.807, 2.05) is 18.2 Å². The van der Waals surface area contributed by atoms with E-state index in [0.717, 1.165) is 5.56 Å². The summed E-state index contributed by atoms with van der Waals surface area (Å²) in [4.78, 5) is 27.4. The van der Waals surface area contributed by atoms with Crippen LogP contribution in [0.15, 0.2) is 53.3 Å². The second-order valence-corrected chi connectivity index (χ2v) is 5.84. The molecule has 3 aromatic rings. The lowest BCUT2D eigenvalue weighted by Crippen LogP contribution is -2.20. The highest BCUT2D eigenvalue weighted by molar-refractivity contribution is 7.71. The van der Waals surface area contributed by atoms with Gasteiger partial charge in [0.15, 0.2) is 4.77 Å². The number of rotatable bonds is 3. The highest BCUT2D eigenvalue weighted by Gasteiger charge is 2.15. The Morgan fingerprint density at radius 2 is 1.83 bits per heavy atom. The van der Waals surface area contributed by atoms with Crippen LogP contribution in [0.1, 0.15) is 18.4 Å². The van der Waals surface area contributed by atoms with E-state index in [0.29, 0.717) is 21.4 Å². The summed E-state index contributed by atoms with van der Waals surface area (Å²) < 4.78 is 6.53. The molecule has 0 aliphatic heterocycles. The monoisotopic (exact) mass is 340 g/mol. The number of para-hydroxylation sites is 1. The van der Waals surface area contributed by atoms with E-state index in [4.69, 9.17) is 17.0 Å². The van der Waals surface area contributed by atoms with Gasteiger partial charge in [0.25, 0.3) is 5.56 Å². The van der Waals surface area contributed by atoms with Crippen molar-refractivity contribution in [2.45, 2.75) is 12.8 Å². The van der Waals surface area contributed by atoms with Crippen molar-refractivity contribution >= 4 is 29.1 Å². The van der Waals surface area contributed by atoms with E-state index in [1.165, 1.54) is 11.7 Å². The second kappa shape index (κ2) is 6.41. The standard InChI is InChI=1S/C18H16N2O3S/c1-11(17(22)23-2)12-7-9-13(10-8-12)20-16(21)14-5-3-4-6-15(14)19-18(20)24/h3-11H,1-2H3,(H,19,24). The molecule has 0 bridgehead atoms. The van der Waals surface area contributed by atoms with Gasteiger partial charge >= 0.3 is 5.97 Å².